The van der Waals surface area contributed by atoms with Gasteiger partial charge in [0.15, 0.2) is 17.5 Å². The lowest BCUT2D eigenvalue weighted by atomic mass is 10.0. The van der Waals surface area contributed by atoms with E-state index in [-0.39, 0.29) is 0 Å². The van der Waals surface area contributed by atoms with E-state index in [9.17, 15) is 0 Å². The number of benzene rings is 5. The Kier molecular flexibility index (Phi) is 6.39. The topological polar surface area (TPSA) is 64.5 Å². The van der Waals surface area contributed by atoms with Crippen molar-refractivity contribution in [1.82, 2.24) is 24.9 Å². The molecule has 3 heterocycles. The van der Waals surface area contributed by atoms with E-state index in [1.54, 1.807) is 0 Å². The van der Waals surface area contributed by atoms with E-state index in [1.165, 1.54) is 5.39 Å². The van der Waals surface area contributed by atoms with Crippen LogP contribution < -0.4 is 0 Å². The first-order valence-electron chi connectivity index (χ1n) is 14.5. The van der Waals surface area contributed by atoms with Crippen molar-refractivity contribution in [2.45, 2.75) is 0 Å². The molecule has 3 aromatic heterocycles. The Balaban J connectivity index is 1.14. The van der Waals surface area contributed by atoms with E-state index >= 15 is 0 Å². The first-order chi connectivity index (χ1) is 21.8. The molecule has 8 rings (SSSR count). The van der Waals surface area contributed by atoms with Gasteiger partial charge in [0.05, 0.1) is 16.9 Å². The van der Waals surface area contributed by atoms with Gasteiger partial charge in [-0.15, -0.1) is 0 Å². The van der Waals surface area contributed by atoms with Crippen LogP contribution in [0.5, 0.6) is 0 Å². The minimum atomic E-state index is 0.631. The molecule has 0 radical (unpaired) electrons. The Labute approximate surface area is 254 Å². The summed E-state index contributed by atoms with van der Waals surface area (Å²) in [7, 11) is 0. The summed E-state index contributed by atoms with van der Waals surface area (Å²) in [6.07, 6.45) is 1.92. The minimum absolute atomic E-state index is 0.631. The molecular formula is C39H25N5. The molecule has 206 valence electrons. The fourth-order valence-corrected chi connectivity index (χ4v) is 5.55. The van der Waals surface area contributed by atoms with Crippen LogP contribution in [0.3, 0.4) is 0 Å². The third-order valence-electron chi connectivity index (χ3n) is 7.79. The highest BCUT2D eigenvalue weighted by Crippen LogP contribution is 2.33. The number of hydrogen-bond acceptors (Lipinski definition) is 5. The molecular weight excluding hydrogens is 538 g/mol. The van der Waals surface area contributed by atoms with Gasteiger partial charge in [-0.25, -0.2) is 19.9 Å². The molecule has 0 aliphatic carbocycles. The summed E-state index contributed by atoms with van der Waals surface area (Å²) < 4.78 is 0. The Hall–Kier alpha value is -6.07. The molecule has 0 atom stereocenters. The Bertz CT molecular complexity index is 2190. The fraction of sp³-hybridized carbons (Fsp3) is 0. The molecule has 0 saturated carbocycles. The molecule has 5 aromatic carbocycles. The fourth-order valence-electron chi connectivity index (χ4n) is 5.55. The lowest BCUT2D eigenvalue weighted by molar-refractivity contribution is 1.07. The number of aromatic nitrogens is 5. The molecule has 0 amide bonds. The summed E-state index contributed by atoms with van der Waals surface area (Å²) in [5, 5.41) is 3.42. The summed E-state index contributed by atoms with van der Waals surface area (Å²) in [5.74, 6) is 1.92. The van der Waals surface area contributed by atoms with Gasteiger partial charge in [-0.05, 0) is 23.1 Å². The van der Waals surface area contributed by atoms with Crippen molar-refractivity contribution in [1.29, 1.82) is 0 Å². The monoisotopic (exact) mass is 563 g/mol. The highest BCUT2D eigenvalue weighted by molar-refractivity contribution is 6.10. The van der Waals surface area contributed by atoms with Crippen molar-refractivity contribution in [2.75, 3.05) is 0 Å². The molecule has 0 aliphatic rings. The molecule has 5 nitrogen and oxygen atoms in total. The summed E-state index contributed by atoms with van der Waals surface area (Å²) in [6, 6.07) is 49.1. The first kappa shape index (κ1) is 25.6. The molecule has 0 spiro atoms. The third-order valence-corrected chi connectivity index (χ3v) is 7.79. The van der Waals surface area contributed by atoms with E-state index in [2.05, 4.69) is 78.9 Å². The molecule has 0 unspecified atom stereocenters. The maximum atomic E-state index is 5.00. The number of para-hydroxylation sites is 1. The summed E-state index contributed by atoms with van der Waals surface area (Å²) in [4.78, 5) is 24.4. The third kappa shape index (κ3) is 4.76. The van der Waals surface area contributed by atoms with Crippen LogP contribution in [0.15, 0.2) is 152 Å². The summed E-state index contributed by atoms with van der Waals surface area (Å²) in [6.45, 7) is 0. The van der Waals surface area contributed by atoms with Gasteiger partial charge in [0.25, 0.3) is 0 Å². The van der Waals surface area contributed by atoms with Crippen LogP contribution in [0.25, 0.3) is 78.4 Å². The van der Waals surface area contributed by atoms with E-state index in [1.807, 2.05) is 72.9 Å². The highest BCUT2D eigenvalue weighted by Gasteiger charge is 2.14. The van der Waals surface area contributed by atoms with Gasteiger partial charge in [-0.3, -0.25) is 4.98 Å². The van der Waals surface area contributed by atoms with Crippen LogP contribution in [0, 0.1) is 0 Å². The van der Waals surface area contributed by atoms with Crippen LogP contribution in [0.4, 0.5) is 0 Å². The number of pyridine rings is 2. The number of fused-ring (bicyclic) bond motifs is 3. The zero-order valence-electron chi connectivity index (χ0n) is 23.7. The second-order valence-electron chi connectivity index (χ2n) is 10.6. The number of nitrogens with zero attached hydrogens (tertiary/aromatic N) is 5. The van der Waals surface area contributed by atoms with E-state index in [0.717, 1.165) is 55.5 Å². The summed E-state index contributed by atoms with van der Waals surface area (Å²) >= 11 is 0. The average Bonchev–Trinajstić information content (AvgIpc) is 3.12. The first-order valence-corrected chi connectivity index (χ1v) is 14.5. The molecule has 0 bridgehead atoms. The Morgan fingerprint density at radius 2 is 0.795 bits per heavy atom. The van der Waals surface area contributed by atoms with Gasteiger partial charge < -0.3 is 0 Å². The van der Waals surface area contributed by atoms with E-state index in [4.69, 9.17) is 24.9 Å². The molecule has 5 heteroatoms. The van der Waals surface area contributed by atoms with Gasteiger partial charge in [-0.1, -0.05) is 133 Å². The van der Waals surface area contributed by atoms with Gasteiger partial charge in [0.2, 0.25) is 0 Å². The minimum Gasteiger partial charge on any atom is -0.254 e. The second-order valence-corrected chi connectivity index (χ2v) is 10.6. The molecule has 0 N–H and O–H groups in total. The van der Waals surface area contributed by atoms with Crippen molar-refractivity contribution in [3.8, 4) is 56.7 Å². The standard InChI is InChI=1S/C39H25N5/c1-3-11-27(12-4-1)37-42-38(28-13-5-2-6-14-28)44-39(43-37)29-21-19-26(20-22-29)30-23-24-35(40-25-30)36-33-17-8-7-15-31(33)32-16-9-10-18-34(32)41-36/h1-25H. The quantitative estimate of drug-likeness (QED) is 0.195. The van der Waals surface area contributed by atoms with Gasteiger partial charge in [-0.2, -0.15) is 0 Å². The molecule has 0 saturated heterocycles. The zero-order chi connectivity index (χ0) is 29.3. The van der Waals surface area contributed by atoms with Gasteiger partial charge >= 0.3 is 0 Å². The average molecular weight is 564 g/mol. The van der Waals surface area contributed by atoms with E-state index < -0.39 is 0 Å². The van der Waals surface area contributed by atoms with Crippen molar-refractivity contribution in [3.05, 3.63) is 152 Å². The zero-order valence-corrected chi connectivity index (χ0v) is 23.7. The molecule has 8 aromatic rings. The van der Waals surface area contributed by atoms with Crippen LogP contribution in [0.1, 0.15) is 0 Å². The Morgan fingerprint density at radius 3 is 1.39 bits per heavy atom. The lowest BCUT2D eigenvalue weighted by Gasteiger charge is -2.10. The highest BCUT2D eigenvalue weighted by atomic mass is 15.0. The van der Waals surface area contributed by atoms with Crippen LogP contribution in [-0.4, -0.2) is 24.9 Å². The predicted molar refractivity (Wildman–Crippen MR) is 178 cm³/mol. The predicted octanol–water partition coefficient (Wildman–Crippen LogP) is 9.30. The Morgan fingerprint density at radius 1 is 0.318 bits per heavy atom. The number of hydrogen-bond donors (Lipinski definition) is 0. The van der Waals surface area contributed by atoms with Crippen molar-refractivity contribution in [2.24, 2.45) is 0 Å². The van der Waals surface area contributed by atoms with E-state index in [0.29, 0.717) is 17.5 Å². The molecule has 0 aliphatic heterocycles. The van der Waals surface area contributed by atoms with Gasteiger partial charge in [0.1, 0.15) is 0 Å². The number of rotatable bonds is 5. The summed E-state index contributed by atoms with van der Waals surface area (Å²) in [5.41, 5.74) is 7.60. The van der Waals surface area contributed by atoms with Crippen LogP contribution in [0.2, 0.25) is 0 Å². The molecule has 44 heavy (non-hydrogen) atoms. The van der Waals surface area contributed by atoms with Crippen molar-refractivity contribution in [3.63, 3.8) is 0 Å². The smallest absolute Gasteiger partial charge is 0.164 e. The lowest BCUT2D eigenvalue weighted by Crippen LogP contribution is -2.00. The van der Waals surface area contributed by atoms with Crippen molar-refractivity contribution >= 4 is 21.7 Å². The van der Waals surface area contributed by atoms with Crippen LogP contribution >= 0.6 is 0 Å². The normalized spacial score (nSPS) is 11.2. The molecule has 0 fully saturated rings. The maximum absolute atomic E-state index is 5.00. The SMILES string of the molecule is c1ccc(-c2nc(-c3ccccc3)nc(-c3ccc(-c4ccc(-c5nc6ccccc6c6ccccc56)nc4)cc3)n2)cc1. The van der Waals surface area contributed by atoms with Crippen LogP contribution in [-0.2, 0) is 0 Å². The van der Waals surface area contributed by atoms with Crippen molar-refractivity contribution < 1.29 is 0 Å². The maximum Gasteiger partial charge on any atom is 0.164 e. The second kappa shape index (κ2) is 11.0. The van der Waals surface area contributed by atoms with Gasteiger partial charge in [0, 0.05) is 39.2 Å². The largest absolute Gasteiger partial charge is 0.254 e.